The van der Waals surface area contributed by atoms with Gasteiger partial charge in [0.25, 0.3) is 5.91 Å². The van der Waals surface area contributed by atoms with E-state index in [0.29, 0.717) is 24.9 Å². The molecular weight excluding hydrogens is 402 g/mol. The third-order valence-electron chi connectivity index (χ3n) is 6.89. The van der Waals surface area contributed by atoms with Crippen molar-refractivity contribution in [3.05, 3.63) is 42.0 Å². The summed E-state index contributed by atoms with van der Waals surface area (Å²) in [6.07, 6.45) is 6.10. The summed E-state index contributed by atoms with van der Waals surface area (Å²) in [4.78, 5) is 30.2. The predicted octanol–water partition coefficient (Wildman–Crippen LogP) is 3.78. The van der Waals surface area contributed by atoms with E-state index in [1.807, 2.05) is 24.3 Å². The number of nitrogens with one attached hydrogen (secondary N) is 1. The van der Waals surface area contributed by atoms with Crippen molar-refractivity contribution < 1.29 is 14.7 Å². The summed E-state index contributed by atoms with van der Waals surface area (Å²) in [5.74, 6) is 0.426. The number of carbonyl (C=O) groups is 2. The van der Waals surface area contributed by atoms with Gasteiger partial charge in [0.1, 0.15) is 11.8 Å². The van der Waals surface area contributed by atoms with Crippen molar-refractivity contribution in [1.29, 1.82) is 0 Å². The maximum Gasteiger partial charge on any atom is 0.258 e. The largest absolute Gasteiger partial charge is 0.506 e. The van der Waals surface area contributed by atoms with Gasteiger partial charge in [0, 0.05) is 25.0 Å². The first-order chi connectivity index (χ1) is 15.5. The fourth-order valence-electron chi connectivity index (χ4n) is 5.14. The van der Waals surface area contributed by atoms with Gasteiger partial charge in [-0.2, -0.15) is 0 Å². The summed E-state index contributed by atoms with van der Waals surface area (Å²) >= 11 is 0. The zero-order valence-electron chi connectivity index (χ0n) is 19.1. The van der Waals surface area contributed by atoms with Crippen molar-refractivity contribution in [3.8, 4) is 5.75 Å². The van der Waals surface area contributed by atoms with Crippen LogP contribution < -0.4 is 5.32 Å². The maximum absolute atomic E-state index is 13.2. The fourth-order valence-corrected chi connectivity index (χ4v) is 5.14. The number of carbonyl (C=O) groups excluding carboxylic acids is 2. The Hall–Kier alpha value is -2.60. The van der Waals surface area contributed by atoms with Crippen LogP contribution in [-0.4, -0.2) is 65.5 Å². The summed E-state index contributed by atoms with van der Waals surface area (Å²) in [5.41, 5.74) is 0.263. The highest BCUT2D eigenvalue weighted by molar-refractivity contribution is 6.05. The molecule has 172 valence electrons. The van der Waals surface area contributed by atoms with Crippen LogP contribution >= 0.6 is 0 Å². The quantitative estimate of drug-likeness (QED) is 0.647. The van der Waals surface area contributed by atoms with E-state index in [1.54, 1.807) is 17.0 Å². The normalized spacial score (nSPS) is 21.7. The highest BCUT2D eigenvalue weighted by atomic mass is 16.3. The molecule has 0 aromatic heterocycles. The molecule has 0 aliphatic carbocycles. The first-order valence-electron chi connectivity index (χ1n) is 12.1. The number of phenols is 1. The molecule has 2 aliphatic rings. The first-order valence-corrected chi connectivity index (χ1v) is 12.1. The molecule has 32 heavy (non-hydrogen) atoms. The second-order valence-electron chi connectivity index (χ2n) is 9.39. The second-order valence-corrected chi connectivity index (χ2v) is 9.39. The van der Waals surface area contributed by atoms with Crippen LogP contribution in [0.2, 0.25) is 0 Å². The second kappa shape index (κ2) is 10.3. The maximum atomic E-state index is 13.2. The Labute approximate surface area is 190 Å². The molecule has 2 heterocycles. The van der Waals surface area contributed by atoms with Crippen molar-refractivity contribution in [2.75, 3.05) is 32.7 Å². The van der Waals surface area contributed by atoms with Crippen LogP contribution in [0.3, 0.4) is 0 Å². The first kappa shape index (κ1) is 22.6. The van der Waals surface area contributed by atoms with Gasteiger partial charge in [0.2, 0.25) is 5.91 Å². The number of benzene rings is 2. The fraction of sp³-hybridized carbons (Fsp3) is 0.538. The monoisotopic (exact) mass is 437 g/mol. The van der Waals surface area contributed by atoms with E-state index in [4.69, 9.17) is 0 Å². The van der Waals surface area contributed by atoms with E-state index < -0.39 is 6.04 Å². The van der Waals surface area contributed by atoms with E-state index in [1.165, 1.54) is 25.9 Å². The van der Waals surface area contributed by atoms with Crippen LogP contribution in [0.15, 0.2) is 36.4 Å². The number of nitrogens with zero attached hydrogens (tertiary/aromatic N) is 2. The predicted molar refractivity (Wildman–Crippen MR) is 127 cm³/mol. The van der Waals surface area contributed by atoms with Crippen molar-refractivity contribution in [2.45, 2.75) is 51.5 Å². The molecule has 2 amide bonds. The molecule has 2 N–H and O–H groups in total. The lowest BCUT2D eigenvalue weighted by Gasteiger charge is -2.30. The molecule has 2 saturated heterocycles. The topological polar surface area (TPSA) is 72.9 Å². The number of amides is 2. The van der Waals surface area contributed by atoms with Crippen LogP contribution in [-0.2, 0) is 4.79 Å². The average Bonchev–Trinajstić information content (AvgIpc) is 3.29. The lowest BCUT2D eigenvalue weighted by molar-refractivity contribution is -0.124. The van der Waals surface area contributed by atoms with Crippen LogP contribution in [0.5, 0.6) is 5.75 Å². The van der Waals surface area contributed by atoms with Crippen LogP contribution in [0.25, 0.3) is 10.8 Å². The molecule has 2 fully saturated rings. The number of phenolic OH excluding ortho intramolecular Hbond substituents is 1. The highest BCUT2D eigenvalue weighted by Gasteiger charge is 2.35. The van der Waals surface area contributed by atoms with E-state index >= 15 is 0 Å². The zero-order valence-corrected chi connectivity index (χ0v) is 19.1. The van der Waals surface area contributed by atoms with Crippen molar-refractivity contribution >= 4 is 22.6 Å². The van der Waals surface area contributed by atoms with Gasteiger partial charge in [-0.25, -0.2) is 0 Å². The summed E-state index contributed by atoms with van der Waals surface area (Å²) in [7, 11) is 0. The molecule has 2 atom stereocenters. The van der Waals surface area contributed by atoms with Crippen molar-refractivity contribution in [1.82, 2.24) is 15.1 Å². The van der Waals surface area contributed by atoms with Crippen molar-refractivity contribution in [3.63, 3.8) is 0 Å². The number of unbranched alkanes of at least 4 members (excludes halogenated alkanes) is 1. The number of piperidine rings is 1. The lowest BCUT2D eigenvalue weighted by atomic mass is 10.0. The molecule has 0 saturated carbocycles. The van der Waals surface area contributed by atoms with Crippen LogP contribution in [0, 0.1) is 5.92 Å². The molecule has 0 bridgehead atoms. The molecule has 0 spiro atoms. The third kappa shape index (κ3) is 5.07. The summed E-state index contributed by atoms with van der Waals surface area (Å²) in [5, 5.41) is 15.3. The molecule has 4 rings (SSSR count). The standard InChI is InChI=1S/C26H35N3O3/c1-19-8-6-16-28(18-19)15-5-4-14-27-25(31)23-11-7-17-29(23)26(32)22-13-12-20-9-2-3-10-21(20)24(22)30/h2-3,9-10,12-13,19,23,30H,4-8,11,14-18H2,1H3,(H,27,31). The Morgan fingerprint density at radius 1 is 1.06 bits per heavy atom. The van der Waals surface area contributed by atoms with E-state index in [2.05, 4.69) is 17.1 Å². The molecule has 6 heteroatoms. The molecule has 2 aromatic carbocycles. The van der Waals surface area contributed by atoms with Gasteiger partial charge >= 0.3 is 0 Å². The summed E-state index contributed by atoms with van der Waals surface area (Å²) in [6.45, 7) is 6.97. The Morgan fingerprint density at radius 2 is 1.88 bits per heavy atom. The van der Waals surface area contributed by atoms with E-state index in [9.17, 15) is 14.7 Å². The Morgan fingerprint density at radius 3 is 2.72 bits per heavy atom. The summed E-state index contributed by atoms with van der Waals surface area (Å²) < 4.78 is 0. The van der Waals surface area contributed by atoms with Crippen molar-refractivity contribution in [2.24, 2.45) is 5.92 Å². The van der Waals surface area contributed by atoms with Gasteiger partial charge in [-0.05, 0) is 69.0 Å². The number of aromatic hydroxyl groups is 1. The summed E-state index contributed by atoms with van der Waals surface area (Å²) in [6, 6.07) is 10.5. The smallest absolute Gasteiger partial charge is 0.258 e. The zero-order chi connectivity index (χ0) is 22.5. The molecular formula is C26H35N3O3. The minimum atomic E-state index is -0.462. The minimum absolute atomic E-state index is 0.00816. The number of fused-ring (bicyclic) bond motifs is 1. The van der Waals surface area contributed by atoms with Gasteiger partial charge in [-0.1, -0.05) is 37.3 Å². The highest BCUT2D eigenvalue weighted by Crippen LogP contribution is 2.31. The third-order valence-corrected chi connectivity index (χ3v) is 6.89. The number of hydrogen-bond donors (Lipinski definition) is 2. The number of hydrogen-bond acceptors (Lipinski definition) is 4. The van der Waals surface area contributed by atoms with Gasteiger partial charge in [-0.15, -0.1) is 0 Å². The Kier molecular flexibility index (Phi) is 7.30. The molecule has 2 aliphatic heterocycles. The van der Waals surface area contributed by atoms with Gasteiger partial charge < -0.3 is 20.2 Å². The van der Waals surface area contributed by atoms with E-state index in [0.717, 1.165) is 37.1 Å². The Balaban J connectivity index is 1.29. The van der Waals surface area contributed by atoms with Gasteiger partial charge in [0.15, 0.2) is 0 Å². The molecule has 0 radical (unpaired) electrons. The lowest BCUT2D eigenvalue weighted by Crippen LogP contribution is -2.46. The van der Waals surface area contributed by atoms with Gasteiger partial charge in [0.05, 0.1) is 5.56 Å². The van der Waals surface area contributed by atoms with Crippen LogP contribution in [0.1, 0.15) is 55.8 Å². The molecule has 6 nitrogen and oxygen atoms in total. The van der Waals surface area contributed by atoms with Gasteiger partial charge in [-0.3, -0.25) is 9.59 Å². The number of likely N-dealkylation sites (tertiary alicyclic amines) is 2. The minimum Gasteiger partial charge on any atom is -0.506 e. The van der Waals surface area contributed by atoms with Crippen LogP contribution in [0.4, 0.5) is 0 Å². The Bertz CT molecular complexity index is 960. The SMILES string of the molecule is CC1CCCN(CCCCNC(=O)C2CCCN2C(=O)c2ccc3ccccc3c2O)C1. The average molecular weight is 438 g/mol. The van der Waals surface area contributed by atoms with E-state index in [-0.39, 0.29) is 23.1 Å². The molecule has 2 unspecified atom stereocenters. The number of rotatable bonds is 7. The molecule has 2 aromatic rings.